The lowest BCUT2D eigenvalue weighted by molar-refractivity contribution is -0.00461. The summed E-state index contributed by atoms with van der Waals surface area (Å²) in [6.45, 7) is 2.63. The molecule has 2 rings (SSSR count). The third-order valence-electron chi connectivity index (χ3n) is 3.24. The number of rotatable bonds is 4. The number of ether oxygens (including phenoxy) is 2. The zero-order chi connectivity index (χ0) is 12.3. The molecule has 2 unspecified atom stereocenters. The fourth-order valence-electron chi connectivity index (χ4n) is 2.26. The molecule has 4 nitrogen and oxygen atoms in total. The SMILES string of the molecule is COC1CN(Cc2ccc(O)cc2)CC1OC. The summed E-state index contributed by atoms with van der Waals surface area (Å²) in [6, 6.07) is 7.31. The highest BCUT2D eigenvalue weighted by atomic mass is 16.5. The molecule has 0 aromatic heterocycles. The lowest BCUT2D eigenvalue weighted by Gasteiger charge is -2.14. The van der Waals surface area contributed by atoms with E-state index in [1.807, 2.05) is 12.1 Å². The summed E-state index contributed by atoms with van der Waals surface area (Å²) < 4.78 is 10.8. The van der Waals surface area contributed by atoms with Crippen LogP contribution in [0, 0.1) is 0 Å². The molecule has 0 amide bonds. The van der Waals surface area contributed by atoms with Crippen LogP contribution in [0.15, 0.2) is 24.3 Å². The number of hydrogen-bond donors (Lipinski definition) is 1. The standard InChI is InChI=1S/C13H19NO3/c1-16-12-8-14(9-13(12)17-2)7-10-3-5-11(15)6-4-10/h3-6,12-13,15H,7-9H2,1-2H3. The molecule has 17 heavy (non-hydrogen) atoms. The number of methoxy groups -OCH3 is 2. The summed E-state index contributed by atoms with van der Waals surface area (Å²) in [7, 11) is 3.45. The predicted molar refractivity (Wildman–Crippen MR) is 65.0 cm³/mol. The van der Waals surface area contributed by atoms with Crippen molar-refractivity contribution in [2.75, 3.05) is 27.3 Å². The molecular formula is C13H19NO3. The smallest absolute Gasteiger partial charge is 0.115 e. The predicted octanol–water partition coefficient (Wildman–Crippen LogP) is 1.24. The Kier molecular flexibility index (Phi) is 3.99. The highest BCUT2D eigenvalue weighted by molar-refractivity contribution is 5.25. The van der Waals surface area contributed by atoms with E-state index in [9.17, 15) is 5.11 Å². The molecule has 1 saturated heterocycles. The number of phenols is 1. The van der Waals surface area contributed by atoms with Gasteiger partial charge in [0.2, 0.25) is 0 Å². The lowest BCUT2D eigenvalue weighted by atomic mass is 10.2. The van der Waals surface area contributed by atoms with Crippen molar-refractivity contribution in [3.63, 3.8) is 0 Å². The van der Waals surface area contributed by atoms with Crippen molar-refractivity contribution in [2.45, 2.75) is 18.8 Å². The average Bonchev–Trinajstić information content (AvgIpc) is 2.74. The quantitative estimate of drug-likeness (QED) is 0.855. The van der Waals surface area contributed by atoms with Crippen LogP contribution >= 0.6 is 0 Å². The number of aromatic hydroxyl groups is 1. The van der Waals surface area contributed by atoms with Gasteiger partial charge in [-0.2, -0.15) is 0 Å². The molecule has 1 aromatic rings. The van der Waals surface area contributed by atoms with Crippen molar-refractivity contribution in [1.29, 1.82) is 0 Å². The van der Waals surface area contributed by atoms with Crippen molar-refractivity contribution in [3.05, 3.63) is 29.8 Å². The highest BCUT2D eigenvalue weighted by Gasteiger charge is 2.32. The van der Waals surface area contributed by atoms with Gasteiger partial charge in [-0.3, -0.25) is 4.90 Å². The molecule has 1 aromatic carbocycles. The van der Waals surface area contributed by atoms with Gasteiger partial charge in [0.25, 0.3) is 0 Å². The molecular weight excluding hydrogens is 218 g/mol. The second kappa shape index (κ2) is 5.49. The first-order chi connectivity index (χ1) is 8.22. The minimum atomic E-state index is 0.150. The first-order valence-electron chi connectivity index (χ1n) is 5.78. The van der Waals surface area contributed by atoms with Crippen molar-refractivity contribution >= 4 is 0 Å². The molecule has 94 valence electrons. The lowest BCUT2D eigenvalue weighted by Crippen LogP contribution is -2.27. The minimum absolute atomic E-state index is 0.150. The van der Waals surface area contributed by atoms with E-state index >= 15 is 0 Å². The molecule has 0 bridgehead atoms. The van der Waals surface area contributed by atoms with Crippen LogP contribution in [0.1, 0.15) is 5.56 Å². The van der Waals surface area contributed by atoms with Gasteiger partial charge in [-0.15, -0.1) is 0 Å². The molecule has 2 atom stereocenters. The van der Waals surface area contributed by atoms with Gasteiger partial charge >= 0.3 is 0 Å². The third-order valence-corrected chi connectivity index (χ3v) is 3.24. The summed E-state index contributed by atoms with van der Waals surface area (Å²) in [5, 5.41) is 9.22. The fraction of sp³-hybridized carbons (Fsp3) is 0.538. The normalized spacial score (nSPS) is 25.3. The Hall–Kier alpha value is -1.10. The van der Waals surface area contributed by atoms with Crippen molar-refractivity contribution in [3.8, 4) is 5.75 Å². The maximum absolute atomic E-state index is 9.22. The number of phenolic OH excluding ortho intramolecular Hbond substituents is 1. The molecule has 1 fully saturated rings. The molecule has 1 heterocycles. The number of nitrogens with zero attached hydrogens (tertiary/aromatic N) is 1. The first kappa shape index (κ1) is 12.4. The first-order valence-corrected chi connectivity index (χ1v) is 5.78. The molecule has 0 radical (unpaired) electrons. The van der Waals surface area contributed by atoms with Crippen molar-refractivity contribution < 1.29 is 14.6 Å². The van der Waals surface area contributed by atoms with Crippen LogP contribution in [-0.2, 0) is 16.0 Å². The summed E-state index contributed by atoms with van der Waals surface area (Å²) in [5.41, 5.74) is 1.19. The van der Waals surface area contributed by atoms with Gasteiger partial charge in [0.1, 0.15) is 5.75 Å². The van der Waals surface area contributed by atoms with Crippen LogP contribution in [0.3, 0.4) is 0 Å². The van der Waals surface area contributed by atoms with Gasteiger partial charge in [0.15, 0.2) is 0 Å². The van der Waals surface area contributed by atoms with Gasteiger partial charge in [0.05, 0.1) is 12.2 Å². The molecule has 0 saturated carbocycles. The topological polar surface area (TPSA) is 41.9 Å². The van der Waals surface area contributed by atoms with Crippen LogP contribution < -0.4 is 0 Å². The van der Waals surface area contributed by atoms with Crippen LogP contribution in [0.2, 0.25) is 0 Å². The zero-order valence-electron chi connectivity index (χ0n) is 10.3. The molecule has 0 spiro atoms. The Morgan fingerprint density at radius 3 is 2.12 bits per heavy atom. The Bertz CT molecular complexity index is 340. The van der Waals surface area contributed by atoms with Crippen LogP contribution in [0.5, 0.6) is 5.75 Å². The third kappa shape index (κ3) is 2.97. The summed E-state index contributed by atoms with van der Waals surface area (Å²) in [4.78, 5) is 2.30. The number of benzene rings is 1. The average molecular weight is 237 g/mol. The van der Waals surface area contributed by atoms with E-state index in [4.69, 9.17) is 9.47 Å². The largest absolute Gasteiger partial charge is 0.508 e. The maximum Gasteiger partial charge on any atom is 0.115 e. The Morgan fingerprint density at radius 1 is 1.12 bits per heavy atom. The molecule has 0 aliphatic carbocycles. The van der Waals surface area contributed by atoms with Gasteiger partial charge in [-0.1, -0.05) is 12.1 Å². The molecule has 1 aliphatic rings. The summed E-state index contributed by atoms with van der Waals surface area (Å²) in [6.07, 6.45) is 0.300. The maximum atomic E-state index is 9.22. The number of hydrogen-bond acceptors (Lipinski definition) is 4. The number of likely N-dealkylation sites (tertiary alicyclic amines) is 1. The Labute approximate surface area is 102 Å². The van der Waals surface area contributed by atoms with E-state index in [0.717, 1.165) is 19.6 Å². The second-order valence-electron chi connectivity index (χ2n) is 4.41. The highest BCUT2D eigenvalue weighted by Crippen LogP contribution is 2.19. The molecule has 1 N–H and O–H groups in total. The van der Waals surface area contributed by atoms with Crippen LogP contribution in [0.4, 0.5) is 0 Å². The van der Waals surface area contributed by atoms with Crippen LogP contribution in [-0.4, -0.2) is 49.5 Å². The molecule has 4 heteroatoms. The fourth-order valence-corrected chi connectivity index (χ4v) is 2.26. The van der Waals surface area contributed by atoms with E-state index < -0.39 is 0 Å². The van der Waals surface area contributed by atoms with Gasteiger partial charge in [-0.25, -0.2) is 0 Å². The summed E-state index contributed by atoms with van der Waals surface area (Å²) >= 11 is 0. The van der Waals surface area contributed by atoms with Crippen molar-refractivity contribution in [2.24, 2.45) is 0 Å². The zero-order valence-corrected chi connectivity index (χ0v) is 10.3. The van der Waals surface area contributed by atoms with E-state index in [2.05, 4.69) is 4.90 Å². The van der Waals surface area contributed by atoms with E-state index in [-0.39, 0.29) is 12.2 Å². The van der Waals surface area contributed by atoms with E-state index in [1.165, 1.54) is 5.56 Å². The van der Waals surface area contributed by atoms with E-state index in [0.29, 0.717) is 5.75 Å². The molecule has 1 aliphatic heterocycles. The van der Waals surface area contributed by atoms with Gasteiger partial charge in [-0.05, 0) is 17.7 Å². The second-order valence-corrected chi connectivity index (χ2v) is 4.41. The van der Waals surface area contributed by atoms with Crippen LogP contribution in [0.25, 0.3) is 0 Å². The van der Waals surface area contributed by atoms with E-state index in [1.54, 1.807) is 26.4 Å². The monoisotopic (exact) mass is 237 g/mol. The summed E-state index contributed by atoms with van der Waals surface area (Å²) in [5.74, 6) is 0.305. The minimum Gasteiger partial charge on any atom is -0.508 e. The van der Waals surface area contributed by atoms with Gasteiger partial charge < -0.3 is 14.6 Å². The van der Waals surface area contributed by atoms with Crippen molar-refractivity contribution in [1.82, 2.24) is 4.90 Å². The van der Waals surface area contributed by atoms with Gasteiger partial charge in [0, 0.05) is 33.9 Å². The Balaban J connectivity index is 1.94. The Morgan fingerprint density at radius 2 is 1.65 bits per heavy atom.